The van der Waals surface area contributed by atoms with Crippen LogP contribution in [0.5, 0.6) is 5.75 Å². The zero-order valence-corrected chi connectivity index (χ0v) is 7.87. The molecular weight excluding hydrogens is 183 g/mol. The Bertz CT molecular complexity index is 325. The molecule has 1 atom stereocenters. The molecule has 0 heterocycles. The first kappa shape index (κ1) is 9.46. The summed E-state index contributed by atoms with van der Waals surface area (Å²) < 4.78 is 11.9. The highest BCUT2D eigenvalue weighted by molar-refractivity contribution is 5.37. The van der Waals surface area contributed by atoms with E-state index in [-0.39, 0.29) is 12.4 Å². The summed E-state index contributed by atoms with van der Waals surface area (Å²) in [6.07, 6.45) is 2.76. The summed E-state index contributed by atoms with van der Waals surface area (Å²) in [5, 5.41) is 9.03. The van der Waals surface area contributed by atoms with Crippen LogP contribution in [0.15, 0.2) is 18.2 Å². The standard InChI is InChI=1S/C11H13FO2/c12-14-11-4-3-9-5-8(7-13)1-2-10(9)6-11/h3-4,6,8,13H,1-2,5,7H2. The number of hydrogen-bond acceptors (Lipinski definition) is 2. The molecule has 1 aromatic carbocycles. The van der Waals surface area contributed by atoms with Crippen LogP contribution >= 0.6 is 0 Å². The Morgan fingerprint density at radius 2 is 2.29 bits per heavy atom. The fraction of sp³-hybridized carbons (Fsp3) is 0.455. The first-order valence-corrected chi connectivity index (χ1v) is 4.84. The van der Waals surface area contributed by atoms with Gasteiger partial charge in [0.2, 0.25) is 0 Å². The topological polar surface area (TPSA) is 29.5 Å². The first-order chi connectivity index (χ1) is 6.83. The van der Waals surface area contributed by atoms with Crippen molar-refractivity contribution in [2.24, 2.45) is 5.92 Å². The normalized spacial score (nSPS) is 20.3. The molecule has 0 saturated heterocycles. The lowest BCUT2D eigenvalue weighted by Crippen LogP contribution is -2.17. The molecule has 1 aliphatic rings. The highest BCUT2D eigenvalue weighted by atomic mass is 19.3. The van der Waals surface area contributed by atoms with Crippen LogP contribution in [0.1, 0.15) is 17.5 Å². The Morgan fingerprint density at radius 3 is 3.00 bits per heavy atom. The summed E-state index contributed by atoms with van der Waals surface area (Å²) in [7, 11) is 0. The van der Waals surface area contributed by atoms with E-state index in [4.69, 9.17) is 5.11 Å². The fourth-order valence-corrected chi connectivity index (χ4v) is 2.01. The van der Waals surface area contributed by atoms with Crippen molar-refractivity contribution >= 4 is 0 Å². The molecule has 0 spiro atoms. The zero-order chi connectivity index (χ0) is 9.97. The lowest BCUT2D eigenvalue weighted by atomic mass is 9.84. The molecule has 2 rings (SSSR count). The quantitative estimate of drug-likeness (QED) is 0.784. The van der Waals surface area contributed by atoms with Gasteiger partial charge in [-0.3, -0.25) is 4.94 Å². The molecule has 2 nitrogen and oxygen atoms in total. The van der Waals surface area contributed by atoms with Gasteiger partial charge in [-0.1, -0.05) is 6.07 Å². The van der Waals surface area contributed by atoms with Crippen molar-refractivity contribution in [1.29, 1.82) is 0 Å². The molecule has 3 heteroatoms. The first-order valence-electron chi connectivity index (χ1n) is 4.84. The minimum Gasteiger partial charge on any atom is -0.396 e. The second-order valence-corrected chi connectivity index (χ2v) is 3.80. The SMILES string of the molecule is OCC1CCc2cc(OF)ccc2C1. The van der Waals surface area contributed by atoms with Gasteiger partial charge in [0.05, 0.1) is 0 Å². The summed E-state index contributed by atoms with van der Waals surface area (Å²) in [6.45, 7) is 0.237. The number of aliphatic hydroxyl groups is 1. The van der Waals surface area contributed by atoms with Gasteiger partial charge in [0, 0.05) is 11.1 Å². The number of halogens is 1. The van der Waals surface area contributed by atoms with Crippen molar-refractivity contribution < 1.29 is 14.6 Å². The Balaban J connectivity index is 2.23. The number of rotatable bonds is 2. The Labute approximate surface area is 82.2 Å². The van der Waals surface area contributed by atoms with E-state index in [1.807, 2.05) is 6.07 Å². The third-order valence-electron chi connectivity index (χ3n) is 2.86. The van der Waals surface area contributed by atoms with E-state index in [2.05, 4.69) is 4.94 Å². The highest BCUT2D eigenvalue weighted by Crippen LogP contribution is 2.28. The van der Waals surface area contributed by atoms with Crippen LogP contribution in [0.25, 0.3) is 0 Å². The Hall–Kier alpha value is -1.09. The van der Waals surface area contributed by atoms with E-state index in [0.717, 1.165) is 24.8 Å². The van der Waals surface area contributed by atoms with Crippen LogP contribution in [0.2, 0.25) is 0 Å². The Morgan fingerprint density at radius 1 is 1.43 bits per heavy atom. The van der Waals surface area contributed by atoms with E-state index in [9.17, 15) is 4.53 Å². The summed E-state index contributed by atoms with van der Waals surface area (Å²) >= 11 is 0. The average molecular weight is 196 g/mol. The summed E-state index contributed by atoms with van der Waals surface area (Å²) in [5.74, 6) is 0.630. The molecule has 0 aromatic heterocycles. The van der Waals surface area contributed by atoms with Crippen molar-refractivity contribution in [3.05, 3.63) is 29.3 Å². The molecule has 14 heavy (non-hydrogen) atoms. The number of aliphatic hydroxyl groups excluding tert-OH is 1. The third kappa shape index (κ3) is 1.73. The Kier molecular flexibility index (Phi) is 2.68. The monoisotopic (exact) mass is 196 g/mol. The molecular formula is C11H13FO2. The molecule has 1 N–H and O–H groups in total. The van der Waals surface area contributed by atoms with Crippen molar-refractivity contribution in [3.63, 3.8) is 0 Å². The van der Waals surface area contributed by atoms with Gasteiger partial charge < -0.3 is 5.11 Å². The number of aryl methyl sites for hydroxylation is 1. The van der Waals surface area contributed by atoms with Crippen LogP contribution in [-0.2, 0) is 12.8 Å². The fourth-order valence-electron chi connectivity index (χ4n) is 2.01. The maximum absolute atomic E-state index is 11.9. The molecule has 1 aliphatic carbocycles. The van der Waals surface area contributed by atoms with Crippen LogP contribution in [-0.4, -0.2) is 11.7 Å². The molecule has 0 aliphatic heterocycles. The van der Waals surface area contributed by atoms with Crippen LogP contribution in [0.3, 0.4) is 0 Å². The highest BCUT2D eigenvalue weighted by Gasteiger charge is 2.18. The van der Waals surface area contributed by atoms with E-state index in [1.165, 1.54) is 5.56 Å². The summed E-state index contributed by atoms with van der Waals surface area (Å²) in [6, 6.07) is 5.24. The van der Waals surface area contributed by atoms with E-state index in [1.54, 1.807) is 12.1 Å². The molecule has 0 radical (unpaired) electrons. The van der Waals surface area contributed by atoms with Crippen molar-refractivity contribution in [2.75, 3.05) is 6.61 Å². The minimum atomic E-state index is 0.237. The maximum atomic E-state index is 11.9. The van der Waals surface area contributed by atoms with Gasteiger partial charge in [0.1, 0.15) is 0 Å². The van der Waals surface area contributed by atoms with E-state index in [0.29, 0.717) is 5.92 Å². The van der Waals surface area contributed by atoms with Gasteiger partial charge in [-0.15, -0.1) is 0 Å². The second kappa shape index (κ2) is 3.96. The van der Waals surface area contributed by atoms with Gasteiger partial charge in [-0.25, -0.2) is 0 Å². The van der Waals surface area contributed by atoms with Gasteiger partial charge in [0.25, 0.3) is 0 Å². The molecule has 0 saturated carbocycles. The predicted molar refractivity (Wildman–Crippen MR) is 50.8 cm³/mol. The van der Waals surface area contributed by atoms with Crippen LogP contribution < -0.4 is 4.94 Å². The molecule has 0 amide bonds. The smallest absolute Gasteiger partial charge is 0.172 e. The van der Waals surface area contributed by atoms with Crippen LogP contribution in [0.4, 0.5) is 4.53 Å². The predicted octanol–water partition coefficient (Wildman–Crippen LogP) is 2.05. The largest absolute Gasteiger partial charge is 0.396 e. The third-order valence-corrected chi connectivity index (χ3v) is 2.86. The number of fused-ring (bicyclic) bond motifs is 1. The lowest BCUT2D eigenvalue weighted by Gasteiger charge is -2.22. The van der Waals surface area contributed by atoms with Gasteiger partial charge in [-0.2, -0.15) is 0 Å². The molecule has 76 valence electrons. The number of benzene rings is 1. The zero-order valence-electron chi connectivity index (χ0n) is 7.87. The van der Waals surface area contributed by atoms with Crippen LogP contribution in [0, 0.1) is 5.92 Å². The van der Waals surface area contributed by atoms with Crippen molar-refractivity contribution in [2.45, 2.75) is 19.3 Å². The van der Waals surface area contributed by atoms with Gasteiger partial charge in [-0.05, 0) is 48.4 Å². The summed E-state index contributed by atoms with van der Waals surface area (Å²) in [4.78, 5) is 3.68. The lowest BCUT2D eigenvalue weighted by molar-refractivity contribution is -0.00635. The summed E-state index contributed by atoms with van der Waals surface area (Å²) in [5.41, 5.74) is 2.35. The molecule has 0 fully saturated rings. The van der Waals surface area contributed by atoms with Crippen molar-refractivity contribution in [3.8, 4) is 5.75 Å². The molecule has 1 unspecified atom stereocenters. The molecule has 1 aromatic rings. The molecule has 0 bridgehead atoms. The van der Waals surface area contributed by atoms with E-state index < -0.39 is 0 Å². The van der Waals surface area contributed by atoms with Crippen molar-refractivity contribution in [1.82, 2.24) is 0 Å². The van der Waals surface area contributed by atoms with Gasteiger partial charge in [0.15, 0.2) is 5.75 Å². The van der Waals surface area contributed by atoms with E-state index >= 15 is 0 Å². The minimum absolute atomic E-state index is 0.237. The average Bonchev–Trinajstić information content (AvgIpc) is 2.27. The second-order valence-electron chi connectivity index (χ2n) is 3.80. The maximum Gasteiger partial charge on any atom is 0.172 e. The number of hydrogen-bond donors (Lipinski definition) is 1. The van der Waals surface area contributed by atoms with Gasteiger partial charge >= 0.3 is 0 Å².